The van der Waals surface area contributed by atoms with Crippen molar-refractivity contribution in [3.8, 4) is 0 Å². The van der Waals surface area contributed by atoms with Gasteiger partial charge in [-0.25, -0.2) is 8.78 Å². The third-order valence-corrected chi connectivity index (χ3v) is 3.79. The summed E-state index contributed by atoms with van der Waals surface area (Å²) in [5.41, 5.74) is -0.592. The fourth-order valence-corrected chi connectivity index (χ4v) is 2.03. The molecule has 0 radical (unpaired) electrons. The molecule has 0 unspecified atom stereocenters. The Morgan fingerprint density at radius 3 is 2.57 bits per heavy atom. The highest BCUT2D eigenvalue weighted by Crippen LogP contribution is 2.14. The number of hydrogen-bond acceptors (Lipinski definition) is 2. The van der Waals surface area contributed by atoms with E-state index >= 15 is 0 Å². The first-order chi connectivity index (χ1) is 9.90. The van der Waals surface area contributed by atoms with E-state index in [0.717, 1.165) is 18.2 Å². The van der Waals surface area contributed by atoms with Gasteiger partial charge in [0.15, 0.2) is 0 Å². The molecule has 0 spiro atoms. The van der Waals surface area contributed by atoms with Gasteiger partial charge in [0.05, 0.1) is 5.60 Å². The zero-order valence-corrected chi connectivity index (χ0v) is 12.6. The first-order valence-corrected chi connectivity index (χ1v) is 7.33. The van der Waals surface area contributed by atoms with Gasteiger partial charge in [0.2, 0.25) is 5.91 Å². The number of nitrogens with one attached hydrogen (secondary N) is 1. The molecule has 2 N–H and O–H groups in total. The Morgan fingerprint density at radius 2 is 1.95 bits per heavy atom. The third kappa shape index (κ3) is 5.79. The minimum Gasteiger partial charge on any atom is -0.388 e. The normalized spacial score (nSPS) is 11.5. The van der Waals surface area contributed by atoms with Crippen LogP contribution in [0.2, 0.25) is 0 Å². The van der Waals surface area contributed by atoms with Crippen LogP contribution in [0.15, 0.2) is 18.2 Å². The molecule has 3 nitrogen and oxygen atoms in total. The van der Waals surface area contributed by atoms with Crippen molar-refractivity contribution < 1.29 is 18.7 Å². The summed E-state index contributed by atoms with van der Waals surface area (Å²) in [6.45, 7) is 3.94. The second kappa shape index (κ2) is 8.08. The van der Waals surface area contributed by atoms with Crippen LogP contribution in [0, 0.1) is 11.6 Å². The fraction of sp³-hybridized carbons (Fsp3) is 0.562. The van der Waals surface area contributed by atoms with Gasteiger partial charge in [0.25, 0.3) is 0 Å². The number of halogens is 2. The van der Waals surface area contributed by atoms with Crippen LogP contribution >= 0.6 is 0 Å². The number of amides is 1. The van der Waals surface area contributed by atoms with E-state index in [1.165, 1.54) is 0 Å². The molecular weight excluding hydrogens is 276 g/mol. The maximum Gasteiger partial charge on any atom is 0.220 e. The Bertz CT molecular complexity index is 473. The number of rotatable bonds is 8. The average molecular weight is 299 g/mol. The molecule has 0 aliphatic carbocycles. The third-order valence-electron chi connectivity index (χ3n) is 3.79. The van der Waals surface area contributed by atoms with Gasteiger partial charge in [-0.15, -0.1) is 0 Å². The second-order valence-electron chi connectivity index (χ2n) is 5.30. The Hall–Kier alpha value is -1.49. The average Bonchev–Trinajstić information content (AvgIpc) is 2.48. The number of benzene rings is 1. The van der Waals surface area contributed by atoms with Crippen LogP contribution in [0.4, 0.5) is 8.78 Å². The predicted octanol–water partition coefficient (Wildman–Crippen LogP) is 2.95. The molecule has 5 heteroatoms. The summed E-state index contributed by atoms with van der Waals surface area (Å²) in [6, 6.07) is 3.31. The SMILES string of the molecule is CCC(O)(CC)CNC(=O)CCCc1cc(F)ccc1F. The van der Waals surface area contributed by atoms with Crippen molar-refractivity contribution in [3.05, 3.63) is 35.4 Å². The van der Waals surface area contributed by atoms with Crippen molar-refractivity contribution in [2.45, 2.75) is 51.6 Å². The van der Waals surface area contributed by atoms with Crippen LogP contribution in [0.5, 0.6) is 0 Å². The van der Waals surface area contributed by atoms with Crippen molar-refractivity contribution in [3.63, 3.8) is 0 Å². The van der Waals surface area contributed by atoms with Crippen LogP contribution in [-0.4, -0.2) is 23.2 Å². The Labute approximate surface area is 124 Å². The highest BCUT2D eigenvalue weighted by Gasteiger charge is 2.22. The maximum absolute atomic E-state index is 13.4. The smallest absolute Gasteiger partial charge is 0.220 e. The highest BCUT2D eigenvalue weighted by molar-refractivity contribution is 5.75. The van der Waals surface area contributed by atoms with Gasteiger partial charge in [-0.3, -0.25) is 4.79 Å². The zero-order valence-electron chi connectivity index (χ0n) is 12.6. The summed E-state index contributed by atoms with van der Waals surface area (Å²) in [5.74, 6) is -1.12. The molecule has 0 aromatic heterocycles. The van der Waals surface area contributed by atoms with Crippen LogP contribution in [0.3, 0.4) is 0 Å². The lowest BCUT2D eigenvalue weighted by molar-refractivity contribution is -0.122. The van der Waals surface area contributed by atoms with E-state index in [2.05, 4.69) is 5.32 Å². The van der Waals surface area contributed by atoms with Crippen molar-refractivity contribution in [2.75, 3.05) is 6.54 Å². The van der Waals surface area contributed by atoms with E-state index in [1.807, 2.05) is 13.8 Å². The van der Waals surface area contributed by atoms with Gasteiger partial charge in [0.1, 0.15) is 11.6 Å². The van der Waals surface area contributed by atoms with E-state index in [0.29, 0.717) is 25.7 Å². The summed E-state index contributed by atoms with van der Waals surface area (Å²) in [6.07, 6.45) is 2.10. The van der Waals surface area contributed by atoms with Crippen molar-refractivity contribution in [1.29, 1.82) is 0 Å². The molecule has 0 fully saturated rings. The van der Waals surface area contributed by atoms with E-state index < -0.39 is 17.2 Å². The summed E-state index contributed by atoms with van der Waals surface area (Å²) in [4.78, 5) is 11.7. The molecule has 0 saturated heterocycles. The number of aliphatic hydroxyl groups is 1. The summed E-state index contributed by atoms with van der Waals surface area (Å²) >= 11 is 0. The summed E-state index contributed by atoms with van der Waals surface area (Å²) in [7, 11) is 0. The van der Waals surface area contributed by atoms with Crippen molar-refractivity contribution >= 4 is 5.91 Å². The van der Waals surface area contributed by atoms with Gasteiger partial charge < -0.3 is 10.4 Å². The topological polar surface area (TPSA) is 49.3 Å². The van der Waals surface area contributed by atoms with Crippen LogP contribution in [-0.2, 0) is 11.2 Å². The molecule has 1 rings (SSSR count). The molecule has 1 aromatic rings. The summed E-state index contributed by atoms with van der Waals surface area (Å²) in [5, 5.41) is 12.7. The first kappa shape index (κ1) is 17.6. The Balaban J connectivity index is 2.35. The van der Waals surface area contributed by atoms with E-state index in [9.17, 15) is 18.7 Å². The summed E-state index contributed by atoms with van der Waals surface area (Å²) < 4.78 is 26.4. The molecule has 0 heterocycles. The van der Waals surface area contributed by atoms with Gasteiger partial charge in [0, 0.05) is 13.0 Å². The van der Waals surface area contributed by atoms with Gasteiger partial charge in [-0.1, -0.05) is 13.8 Å². The number of carbonyl (C=O) groups excluding carboxylic acids is 1. The molecule has 0 aliphatic heterocycles. The quantitative estimate of drug-likeness (QED) is 0.775. The lowest BCUT2D eigenvalue weighted by Crippen LogP contribution is -2.41. The maximum atomic E-state index is 13.4. The molecule has 0 bridgehead atoms. The minimum absolute atomic E-state index is 0.188. The largest absolute Gasteiger partial charge is 0.388 e. The van der Waals surface area contributed by atoms with E-state index in [1.54, 1.807) is 0 Å². The Kier molecular flexibility index (Phi) is 6.75. The van der Waals surface area contributed by atoms with Crippen LogP contribution in [0.1, 0.15) is 45.1 Å². The highest BCUT2D eigenvalue weighted by atomic mass is 19.1. The molecule has 0 aliphatic rings. The number of aryl methyl sites for hydroxylation is 1. The van der Waals surface area contributed by atoms with Gasteiger partial charge in [-0.05, 0) is 49.4 Å². The molecule has 0 atom stereocenters. The zero-order chi connectivity index (χ0) is 15.9. The van der Waals surface area contributed by atoms with Crippen LogP contribution in [0.25, 0.3) is 0 Å². The number of carbonyl (C=O) groups is 1. The molecule has 1 amide bonds. The van der Waals surface area contributed by atoms with E-state index in [4.69, 9.17) is 0 Å². The van der Waals surface area contributed by atoms with Gasteiger partial charge >= 0.3 is 0 Å². The molecule has 0 saturated carbocycles. The Morgan fingerprint density at radius 1 is 1.29 bits per heavy atom. The fourth-order valence-electron chi connectivity index (χ4n) is 2.03. The molecule has 21 heavy (non-hydrogen) atoms. The van der Waals surface area contributed by atoms with Crippen molar-refractivity contribution in [2.24, 2.45) is 0 Å². The predicted molar refractivity (Wildman–Crippen MR) is 77.8 cm³/mol. The first-order valence-electron chi connectivity index (χ1n) is 7.33. The standard InChI is InChI=1S/C16H23F2NO2/c1-3-16(21,4-2)11-19-15(20)7-5-6-12-10-13(17)8-9-14(12)18/h8-10,21H,3-7,11H2,1-2H3,(H,19,20). The lowest BCUT2D eigenvalue weighted by atomic mass is 9.97. The molecule has 1 aromatic carbocycles. The number of hydrogen-bond donors (Lipinski definition) is 2. The van der Waals surface area contributed by atoms with Gasteiger partial charge in [-0.2, -0.15) is 0 Å². The van der Waals surface area contributed by atoms with Crippen LogP contribution < -0.4 is 5.32 Å². The minimum atomic E-state index is -0.871. The second-order valence-corrected chi connectivity index (χ2v) is 5.30. The van der Waals surface area contributed by atoms with E-state index in [-0.39, 0.29) is 24.4 Å². The van der Waals surface area contributed by atoms with Crippen molar-refractivity contribution in [1.82, 2.24) is 5.32 Å². The monoisotopic (exact) mass is 299 g/mol. The molecular formula is C16H23F2NO2. The molecule has 118 valence electrons. The lowest BCUT2D eigenvalue weighted by Gasteiger charge is -2.25.